The van der Waals surface area contributed by atoms with Gasteiger partial charge in [-0.2, -0.15) is 0 Å². The first-order valence-corrected chi connectivity index (χ1v) is 6.50. The molecule has 0 fully saturated rings. The van der Waals surface area contributed by atoms with E-state index in [0.29, 0.717) is 23.9 Å². The molecule has 0 amide bonds. The van der Waals surface area contributed by atoms with E-state index in [9.17, 15) is 0 Å². The van der Waals surface area contributed by atoms with Gasteiger partial charge in [-0.25, -0.2) is 9.97 Å². The quantitative estimate of drug-likeness (QED) is 0.907. The van der Waals surface area contributed by atoms with Crippen molar-refractivity contribution in [2.75, 3.05) is 18.2 Å². The predicted molar refractivity (Wildman–Crippen MR) is 72.3 cm³/mol. The number of nitrogen functional groups attached to an aromatic ring is 1. The van der Waals surface area contributed by atoms with E-state index in [2.05, 4.69) is 31.2 Å². The second kappa shape index (κ2) is 5.33. The average Bonchev–Trinajstić information content (AvgIpc) is 2.72. The number of nitrogens with one attached hydrogen (secondary N) is 1. The second-order valence-corrected chi connectivity index (χ2v) is 5.04. The SMILES string of the molecule is COc1c(N)ncnc1NCc1sccc1Br. The minimum absolute atomic E-state index is 0.329. The molecule has 2 aromatic rings. The second-order valence-electron chi connectivity index (χ2n) is 3.19. The summed E-state index contributed by atoms with van der Waals surface area (Å²) < 4.78 is 6.24. The molecule has 0 radical (unpaired) electrons. The van der Waals surface area contributed by atoms with Crippen molar-refractivity contribution in [1.82, 2.24) is 9.97 Å². The zero-order valence-electron chi connectivity index (χ0n) is 9.11. The van der Waals surface area contributed by atoms with E-state index in [0.717, 1.165) is 4.47 Å². The highest BCUT2D eigenvalue weighted by atomic mass is 79.9. The lowest BCUT2D eigenvalue weighted by atomic mass is 10.4. The molecule has 3 N–H and O–H groups in total. The van der Waals surface area contributed by atoms with E-state index in [-0.39, 0.29) is 0 Å². The van der Waals surface area contributed by atoms with Crippen molar-refractivity contribution in [2.45, 2.75) is 6.54 Å². The molecular weight excluding hydrogens is 304 g/mol. The molecule has 0 aliphatic rings. The van der Waals surface area contributed by atoms with Crippen LogP contribution in [0.15, 0.2) is 22.2 Å². The zero-order valence-corrected chi connectivity index (χ0v) is 11.5. The maximum absolute atomic E-state index is 5.69. The molecule has 0 spiro atoms. The molecule has 90 valence electrons. The van der Waals surface area contributed by atoms with Crippen LogP contribution < -0.4 is 15.8 Å². The molecule has 0 unspecified atom stereocenters. The first-order chi connectivity index (χ1) is 8.22. The molecule has 0 bridgehead atoms. The number of methoxy groups -OCH3 is 1. The third kappa shape index (κ3) is 2.67. The molecular formula is C10H11BrN4OS. The monoisotopic (exact) mass is 314 g/mol. The summed E-state index contributed by atoms with van der Waals surface area (Å²) in [4.78, 5) is 9.15. The molecule has 0 aliphatic heterocycles. The fourth-order valence-electron chi connectivity index (χ4n) is 1.33. The Morgan fingerprint density at radius 2 is 2.35 bits per heavy atom. The van der Waals surface area contributed by atoms with Crippen LogP contribution in [-0.2, 0) is 6.54 Å². The Bertz CT molecular complexity index is 517. The van der Waals surface area contributed by atoms with Gasteiger partial charge in [0.25, 0.3) is 0 Å². The topological polar surface area (TPSA) is 73.1 Å². The Kier molecular flexibility index (Phi) is 3.80. The van der Waals surface area contributed by atoms with Crippen LogP contribution in [0.5, 0.6) is 5.75 Å². The molecule has 5 nitrogen and oxygen atoms in total. The maximum atomic E-state index is 5.69. The van der Waals surface area contributed by atoms with Crippen molar-refractivity contribution in [1.29, 1.82) is 0 Å². The van der Waals surface area contributed by atoms with Crippen molar-refractivity contribution in [3.8, 4) is 5.75 Å². The molecule has 17 heavy (non-hydrogen) atoms. The molecule has 0 saturated heterocycles. The van der Waals surface area contributed by atoms with Crippen LogP contribution in [0, 0.1) is 0 Å². The highest BCUT2D eigenvalue weighted by Crippen LogP contribution is 2.28. The fourth-order valence-corrected chi connectivity index (χ4v) is 2.76. The van der Waals surface area contributed by atoms with Gasteiger partial charge < -0.3 is 15.8 Å². The van der Waals surface area contributed by atoms with Crippen LogP contribution >= 0.6 is 27.3 Å². The van der Waals surface area contributed by atoms with Crippen molar-refractivity contribution in [3.63, 3.8) is 0 Å². The van der Waals surface area contributed by atoms with Crippen molar-refractivity contribution in [3.05, 3.63) is 27.1 Å². The van der Waals surface area contributed by atoms with Gasteiger partial charge in [-0.15, -0.1) is 11.3 Å². The minimum atomic E-state index is 0.329. The summed E-state index contributed by atoms with van der Waals surface area (Å²) in [6.07, 6.45) is 1.41. The van der Waals surface area contributed by atoms with Gasteiger partial charge in [0.1, 0.15) is 6.33 Å². The van der Waals surface area contributed by atoms with Gasteiger partial charge in [0.05, 0.1) is 13.7 Å². The molecule has 0 atom stereocenters. The summed E-state index contributed by atoms with van der Waals surface area (Å²) >= 11 is 5.13. The summed E-state index contributed by atoms with van der Waals surface area (Å²) in [6.45, 7) is 0.658. The normalized spacial score (nSPS) is 10.2. The lowest BCUT2D eigenvalue weighted by Crippen LogP contribution is -2.05. The van der Waals surface area contributed by atoms with Gasteiger partial charge in [0.2, 0.25) is 5.75 Å². The summed E-state index contributed by atoms with van der Waals surface area (Å²) in [5.74, 6) is 1.40. The number of nitrogens with zero attached hydrogens (tertiary/aromatic N) is 2. The number of aromatic nitrogens is 2. The lowest BCUT2D eigenvalue weighted by Gasteiger charge is -2.10. The number of hydrogen-bond donors (Lipinski definition) is 2. The van der Waals surface area contributed by atoms with Crippen LogP contribution in [0.3, 0.4) is 0 Å². The van der Waals surface area contributed by atoms with Crippen molar-refractivity contribution in [2.24, 2.45) is 0 Å². The van der Waals surface area contributed by atoms with Gasteiger partial charge in [-0.05, 0) is 27.4 Å². The van der Waals surface area contributed by atoms with Crippen molar-refractivity contribution >= 4 is 38.9 Å². The zero-order chi connectivity index (χ0) is 12.3. The van der Waals surface area contributed by atoms with Gasteiger partial charge in [0.15, 0.2) is 11.6 Å². The van der Waals surface area contributed by atoms with Crippen LogP contribution in [0.4, 0.5) is 11.6 Å². The van der Waals surface area contributed by atoms with E-state index in [1.54, 1.807) is 18.4 Å². The van der Waals surface area contributed by atoms with Crippen molar-refractivity contribution < 1.29 is 4.74 Å². The fraction of sp³-hybridized carbons (Fsp3) is 0.200. The lowest BCUT2D eigenvalue weighted by molar-refractivity contribution is 0.415. The van der Waals surface area contributed by atoms with Gasteiger partial charge in [-0.3, -0.25) is 0 Å². The summed E-state index contributed by atoms with van der Waals surface area (Å²) in [6, 6.07) is 2.01. The number of nitrogens with two attached hydrogens (primary N) is 1. The number of halogens is 1. The van der Waals surface area contributed by atoms with E-state index in [1.165, 1.54) is 11.2 Å². The third-order valence-electron chi connectivity index (χ3n) is 2.14. The Labute approximate surface area is 111 Å². The van der Waals surface area contributed by atoms with Crippen LogP contribution in [-0.4, -0.2) is 17.1 Å². The molecule has 0 aliphatic carbocycles. The molecule has 7 heteroatoms. The molecule has 2 aromatic heterocycles. The minimum Gasteiger partial charge on any atom is -0.490 e. The molecule has 0 aromatic carbocycles. The summed E-state index contributed by atoms with van der Waals surface area (Å²) in [5, 5.41) is 5.19. The van der Waals surface area contributed by atoms with Crippen LogP contribution in [0.25, 0.3) is 0 Å². The Morgan fingerprint density at radius 1 is 1.53 bits per heavy atom. The number of anilines is 2. The molecule has 2 rings (SSSR count). The van der Waals surface area contributed by atoms with E-state index < -0.39 is 0 Å². The van der Waals surface area contributed by atoms with Crippen LogP contribution in [0.1, 0.15) is 4.88 Å². The number of hydrogen-bond acceptors (Lipinski definition) is 6. The van der Waals surface area contributed by atoms with Gasteiger partial charge >= 0.3 is 0 Å². The highest BCUT2D eigenvalue weighted by Gasteiger charge is 2.09. The summed E-state index contributed by atoms with van der Waals surface area (Å²) in [7, 11) is 1.54. The summed E-state index contributed by atoms with van der Waals surface area (Å²) in [5.41, 5.74) is 5.69. The Balaban J connectivity index is 2.14. The number of rotatable bonds is 4. The molecule has 2 heterocycles. The largest absolute Gasteiger partial charge is 0.490 e. The smallest absolute Gasteiger partial charge is 0.203 e. The Hall–Kier alpha value is -1.34. The third-order valence-corrected chi connectivity index (χ3v) is 4.07. The van der Waals surface area contributed by atoms with E-state index >= 15 is 0 Å². The van der Waals surface area contributed by atoms with Gasteiger partial charge in [-0.1, -0.05) is 0 Å². The van der Waals surface area contributed by atoms with Gasteiger partial charge in [0, 0.05) is 9.35 Å². The first-order valence-electron chi connectivity index (χ1n) is 4.82. The first kappa shape index (κ1) is 12.1. The number of ether oxygens (including phenoxy) is 1. The van der Waals surface area contributed by atoms with Crippen LogP contribution in [0.2, 0.25) is 0 Å². The maximum Gasteiger partial charge on any atom is 0.203 e. The van der Waals surface area contributed by atoms with E-state index in [1.807, 2.05) is 11.4 Å². The Morgan fingerprint density at radius 3 is 3.00 bits per heavy atom. The average molecular weight is 315 g/mol. The molecule has 0 saturated carbocycles. The van der Waals surface area contributed by atoms with E-state index in [4.69, 9.17) is 10.5 Å². The number of thiophene rings is 1. The highest BCUT2D eigenvalue weighted by molar-refractivity contribution is 9.10. The standard InChI is InChI=1S/C10H11BrN4OS/c1-16-8-9(12)14-5-15-10(8)13-4-7-6(11)2-3-17-7/h2-3,5H,4H2,1H3,(H3,12,13,14,15). The predicted octanol–water partition coefficient (Wildman–Crippen LogP) is 2.50.